The highest BCUT2D eigenvalue weighted by Gasteiger charge is 2.36. The normalized spacial score (nSPS) is 10.9. The minimum Gasteiger partial charge on any atom is -0.495 e. The number of halogens is 1. The Balaban J connectivity index is 2.12. The van der Waals surface area contributed by atoms with Crippen molar-refractivity contribution in [3.8, 4) is 11.5 Å². The Morgan fingerprint density at radius 1 is 1.15 bits per heavy atom. The van der Waals surface area contributed by atoms with E-state index in [1.54, 1.807) is 38.4 Å². The highest BCUT2D eigenvalue weighted by Crippen LogP contribution is 2.36. The molecule has 0 saturated carbocycles. The van der Waals surface area contributed by atoms with E-state index in [2.05, 4.69) is 15.6 Å². The molecule has 1 aromatic heterocycles. The summed E-state index contributed by atoms with van der Waals surface area (Å²) in [6.07, 6.45) is 3.30. The molecule has 0 unspecified atom stereocenters. The lowest BCUT2D eigenvalue weighted by molar-refractivity contribution is -0.138. The van der Waals surface area contributed by atoms with Gasteiger partial charge >= 0.3 is 0 Å². The van der Waals surface area contributed by atoms with Crippen LogP contribution in [-0.2, 0) is 16.1 Å². The predicted octanol–water partition coefficient (Wildman–Crippen LogP) is 3.03. The van der Waals surface area contributed by atoms with Crippen LogP contribution in [-0.4, -0.2) is 31.0 Å². The molecule has 144 valence electrons. The maximum absolute atomic E-state index is 12.7. The molecule has 0 radical (unpaired) electrons. The Hall–Kier alpha value is -2.80. The molecule has 2 N–H and O–H groups in total. The summed E-state index contributed by atoms with van der Waals surface area (Å²) in [5.74, 6) is -0.162. The molecule has 0 saturated heterocycles. The zero-order valence-corrected chi connectivity index (χ0v) is 16.4. The van der Waals surface area contributed by atoms with Gasteiger partial charge in [-0.05, 0) is 25.5 Å². The van der Waals surface area contributed by atoms with Gasteiger partial charge in [-0.2, -0.15) is 0 Å². The molecule has 27 heavy (non-hydrogen) atoms. The molecule has 7 nitrogen and oxygen atoms in total. The van der Waals surface area contributed by atoms with Crippen LogP contribution in [0.2, 0.25) is 5.02 Å². The summed E-state index contributed by atoms with van der Waals surface area (Å²) in [4.78, 5) is 29.2. The van der Waals surface area contributed by atoms with E-state index >= 15 is 0 Å². The summed E-state index contributed by atoms with van der Waals surface area (Å²) in [6.45, 7) is 3.36. The van der Waals surface area contributed by atoms with Gasteiger partial charge in [0.1, 0.15) is 16.9 Å². The molecule has 0 aliphatic heterocycles. The molecule has 8 heteroatoms. The van der Waals surface area contributed by atoms with Crippen LogP contribution in [0.3, 0.4) is 0 Å². The Morgan fingerprint density at radius 3 is 2.44 bits per heavy atom. The smallest absolute Gasteiger partial charge is 0.239 e. The quantitative estimate of drug-likeness (QED) is 0.708. The third kappa shape index (κ3) is 4.89. The van der Waals surface area contributed by atoms with E-state index in [1.165, 1.54) is 20.3 Å². The second-order valence-corrected chi connectivity index (χ2v) is 6.72. The molecule has 1 aromatic carbocycles. The van der Waals surface area contributed by atoms with Crippen molar-refractivity contribution >= 4 is 29.1 Å². The first kappa shape index (κ1) is 20.5. The third-order valence-electron chi connectivity index (χ3n) is 4.03. The van der Waals surface area contributed by atoms with Crippen molar-refractivity contribution in [3.63, 3.8) is 0 Å². The maximum Gasteiger partial charge on any atom is 0.239 e. The van der Waals surface area contributed by atoms with Gasteiger partial charge in [-0.25, -0.2) is 0 Å². The number of benzene rings is 1. The summed E-state index contributed by atoms with van der Waals surface area (Å²) in [5.41, 5.74) is -0.122. The standard InChI is InChI=1S/C19H22ClN3O4/c1-19(2,17(24)22-11-12-6-5-7-21-10-12)18(25)23-14-9-15(26-3)13(20)8-16(14)27-4/h5-10H,11H2,1-4H3,(H,22,24)(H,23,25). The van der Waals surface area contributed by atoms with Crippen LogP contribution < -0.4 is 20.1 Å². The van der Waals surface area contributed by atoms with E-state index in [9.17, 15) is 9.59 Å². The molecule has 0 aliphatic carbocycles. The topological polar surface area (TPSA) is 89.5 Å². The summed E-state index contributed by atoms with van der Waals surface area (Å²) in [7, 11) is 2.93. The lowest BCUT2D eigenvalue weighted by atomic mass is 9.90. The fourth-order valence-electron chi connectivity index (χ4n) is 2.25. The molecule has 2 amide bonds. The van der Waals surface area contributed by atoms with E-state index in [0.29, 0.717) is 22.2 Å². The number of hydrogen-bond donors (Lipinski definition) is 2. The Kier molecular flexibility index (Phi) is 6.63. The van der Waals surface area contributed by atoms with Crippen molar-refractivity contribution in [3.05, 3.63) is 47.2 Å². The Bertz CT molecular complexity index is 825. The van der Waals surface area contributed by atoms with Crippen LogP contribution in [0.1, 0.15) is 19.4 Å². The molecule has 1 heterocycles. The first-order valence-corrected chi connectivity index (χ1v) is 8.57. The van der Waals surface area contributed by atoms with Gasteiger partial charge in [0.05, 0.1) is 24.9 Å². The Labute approximate surface area is 163 Å². The monoisotopic (exact) mass is 391 g/mol. The molecule has 0 bridgehead atoms. The van der Waals surface area contributed by atoms with Crippen LogP contribution in [0.4, 0.5) is 5.69 Å². The van der Waals surface area contributed by atoms with E-state index < -0.39 is 17.2 Å². The largest absolute Gasteiger partial charge is 0.495 e. The van der Waals surface area contributed by atoms with Gasteiger partial charge in [0.15, 0.2) is 0 Å². The molecule has 0 atom stereocenters. The van der Waals surface area contributed by atoms with E-state index in [-0.39, 0.29) is 6.54 Å². The number of pyridine rings is 1. The van der Waals surface area contributed by atoms with Crippen LogP contribution in [0.15, 0.2) is 36.7 Å². The molecular weight excluding hydrogens is 370 g/mol. The number of aromatic nitrogens is 1. The number of rotatable bonds is 7. The van der Waals surface area contributed by atoms with E-state index in [1.807, 2.05) is 6.07 Å². The van der Waals surface area contributed by atoms with Crippen molar-refractivity contribution < 1.29 is 19.1 Å². The summed E-state index contributed by atoms with van der Waals surface area (Å²) >= 11 is 6.07. The average Bonchev–Trinajstić information content (AvgIpc) is 2.67. The van der Waals surface area contributed by atoms with Gasteiger partial charge in [0.25, 0.3) is 0 Å². The van der Waals surface area contributed by atoms with Gasteiger partial charge in [0, 0.05) is 31.1 Å². The highest BCUT2D eigenvalue weighted by atomic mass is 35.5. The molecular formula is C19H22ClN3O4. The number of ether oxygens (including phenoxy) is 2. The number of hydrogen-bond acceptors (Lipinski definition) is 5. The highest BCUT2D eigenvalue weighted by molar-refractivity contribution is 6.32. The number of anilines is 1. The zero-order valence-electron chi connectivity index (χ0n) is 15.6. The van der Waals surface area contributed by atoms with Gasteiger partial charge in [-0.3, -0.25) is 14.6 Å². The lowest BCUT2D eigenvalue weighted by Crippen LogP contribution is -2.44. The number of carbonyl (C=O) groups excluding carboxylic acids is 2. The minimum atomic E-state index is -1.32. The van der Waals surface area contributed by atoms with E-state index in [0.717, 1.165) is 5.56 Å². The van der Waals surface area contributed by atoms with Crippen molar-refractivity contribution in [1.82, 2.24) is 10.3 Å². The molecule has 0 fully saturated rings. The van der Waals surface area contributed by atoms with Crippen LogP contribution in [0.5, 0.6) is 11.5 Å². The Morgan fingerprint density at radius 2 is 1.85 bits per heavy atom. The molecule has 2 rings (SSSR count). The van der Waals surface area contributed by atoms with Crippen LogP contribution in [0.25, 0.3) is 0 Å². The fraction of sp³-hybridized carbons (Fsp3) is 0.316. The first-order chi connectivity index (χ1) is 12.8. The number of carbonyl (C=O) groups is 2. The predicted molar refractivity (Wildman–Crippen MR) is 103 cm³/mol. The van der Waals surface area contributed by atoms with Crippen molar-refractivity contribution in [2.75, 3.05) is 19.5 Å². The summed E-state index contributed by atoms with van der Waals surface area (Å²) < 4.78 is 10.4. The van der Waals surface area contributed by atoms with Gasteiger partial charge in [0.2, 0.25) is 11.8 Å². The molecule has 0 spiro atoms. The number of amides is 2. The lowest BCUT2D eigenvalue weighted by Gasteiger charge is -2.23. The van der Waals surface area contributed by atoms with Gasteiger partial charge < -0.3 is 20.1 Å². The van der Waals surface area contributed by atoms with Crippen LogP contribution in [0, 0.1) is 5.41 Å². The van der Waals surface area contributed by atoms with Crippen molar-refractivity contribution in [2.24, 2.45) is 5.41 Å². The van der Waals surface area contributed by atoms with Gasteiger partial charge in [-0.1, -0.05) is 17.7 Å². The minimum absolute atomic E-state index is 0.279. The zero-order chi connectivity index (χ0) is 20.0. The number of nitrogens with one attached hydrogen (secondary N) is 2. The maximum atomic E-state index is 12.7. The SMILES string of the molecule is COc1cc(NC(=O)C(C)(C)C(=O)NCc2cccnc2)c(OC)cc1Cl. The second kappa shape index (κ2) is 8.73. The third-order valence-corrected chi connectivity index (χ3v) is 4.33. The number of methoxy groups -OCH3 is 2. The first-order valence-electron chi connectivity index (χ1n) is 8.19. The molecule has 2 aromatic rings. The van der Waals surface area contributed by atoms with Crippen LogP contribution >= 0.6 is 11.6 Å². The summed E-state index contributed by atoms with van der Waals surface area (Å²) in [5, 5.41) is 5.80. The average molecular weight is 392 g/mol. The fourth-order valence-corrected chi connectivity index (χ4v) is 2.48. The number of nitrogens with zero attached hydrogens (tertiary/aromatic N) is 1. The summed E-state index contributed by atoms with van der Waals surface area (Å²) in [6, 6.07) is 6.69. The van der Waals surface area contributed by atoms with Crippen molar-refractivity contribution in [1.29, 1.82) is 0 Å². The van der Waals surface area contributed by atoms with E-state index in [4.69, 9.17) is 21.1 Å². The van der Waals surface area contributed by atoms with Gasteiger partial charge in [-0.15, -0.1) is 0 Å². The molecule has 0 aliphatic rings. The van der Waals surface area contributed by atoms with Crippen molar-refractivity contribution in [2.45, 2.75) is 20.4 Å². The second-order valence-electron chi connectivity index (χ2n) is 6.31.